The van der Waals surface area contributed by atoms with E-state index in [1.54, 1.807) is 0 Å². The molecule has 0 aromatic heterocycles. The second-order valence-electron chi connectivity index (χ2n) is 3.18. The zero-order valence-corrected chi connectivity index (χ0v) is 8.84. The lowest BCUT2D eigenvalue weighted by molar-refractivity contribution is -0.143. The summed E-state index contributed by atoms with van der Waals surface area (Å²) >= 11 is 5.05. The molecule has 0 heterocycles. The highest BCUT2D eigenvalue weighted by atomic mass is 35.5. The summed E-state index contributed by atoms with van der Waals surface area (Å²) in [6, 6.07) is 1.41. The summed E-state index contributed by atoms with van der Waals surface area (Å²) in [5.41, 5.74) is -3.04. The van der Waals surface area contributed by atoms with Gasteiger partial charge in [0.1, 0.15) is 0 Å². The average molecular weight is 278 g/mol. The van der Waals surface area contributed by atoms with Crippen LogP contribution in [0.4, 0.5) is 26.3 Å². The number of hydrogen-bond acceptors (Lipinski definition) is 1. The molecular formula is C9H6ClF6N. The van der Waals surface area contributed by atoms with Gasteiger partial charge in [-0.25, -0.2) is 4.84 Å². The summed E-state index contributed by atoms with van der Waals surface area (Å²) in [4.78, 5) is 1.95. The first-order chi connectivity index (χ1) is 7.66. The number of alkyl halides is 6. The van der Waals surface area contributed by atoms with Gasteiger partial charge in [0.05, 0.1) is 11.1 Å². The van der Waals surface area contributed by atoms with Crippen molar-refractivity contribution in [2.45, 2.75) is 18.9 Å². The van der Waals surface area contributed by atoms with Gasteiger partial charge < -0.3 is 0 Å². The Balaban J connectivity index is 3.30. The maximum absolute atomic E-state index is 12.5. The van der Waals surface area contributed by atoms with Crippen LogP contribution >= 0.6 is 11.8 Å². The van der Waals surface area contributed by atoms with E-state index in [2.05, 4.69) is 0 Å². The molecule has 0 fully saturated rings. The first-order valence-corrected chi connectivity index (χ1v) is 4.65. The molecule has 0 spiro atoms. The number of benzene rings is 1. The zero-order chi connectivity index (χ0) is 13.3. The molecule has 1 nitrogen and oxygen atoms in total. The van der Waals surface area contributed by atoms with Crippen LogP contribution in [0.15, 0.2) is 18.2 Å². The first kappa shape index (κ1) is 14.1. The molecule has 0 amide bonds. The smallest absolute Gasteiger partial charge is 0.229 e. The maximum atomic E-state index is 12.5. The minimum absolute atomic E-state index is 0.0730. The van der Waals surface area contributed by atoms with Crippen LogP contribution in [-0.4, -0.2) is 0 Å². The quantitative estimate of drug-likeness (QED) is 0.637. The van der Waals surface area contributed by atoms with Crippen molar-refractivity contribution >= 4 is 11.8 Å². The van der Waals surface area contributed by atoms with Gasteiger partial charge in [-0.3, -0.25) is 0 Å². The molecule has 1 aromatic rings. The van der Waals surface area contributed by atoms with E-state index in [-0.39, 0.29) is 18.2 Å². The normalized spacial score (nSPS) is 12.9. The van der Waals surface area contributed by atoms with Gasteiger partial charge in [0.15, 0.2) is 0 Å². The summed E-state index contributed by atoms with van der Waals surface area (Å²) in [6.45, 7) is -0.380. The van der Waals surface area contributed by atoms with E-state index in [1.807, 2.05) is 4.84 Å². The maximum Gasteiger partial charge on any atom is 0.416 e. The molecule has 0 aliphatic carbocycles. The van der Waals surface area contributed by atoms with Crippen molar-refractivity contribution < 1.29 is 26.3 Å². The topological polar surface area (TPSA) is 12.0 Å². The van der Waals surface area contributed by atoms with E-state index in [1.165, 1.54) is 0 Å². The second kappa shape index (κ2) is 4.73. The molecule has 17 heavy (non-hydrogen) atoms. The molecule has 0 saturated heterocycles. The fraction of sp³-hybridized carbons (Fsp3) is 0.333. The van der Waals surface area contributed by atoms with E-state index in [9.17, 15) is 26.3 Å². The summed E-state index contributed by atoms with van der Waals surface area (Å²) in [5.74, 6) is 0. The van der Waals surface area contributed by atoms with Crippen molar-refractivity contribution in [3.63, 3.8) is 0 Å². The van der Waals surface area contributed by atoms with Crippen LogP contribution < -0.4 is 4.84 Å². The third-order valence-corrected chi connectivity index (χ3v) is 2.13. The second-order valence-corrected chi connectivity index (χ2v) is 3.45. The van der Waals surface area contributed by atoms with E-state index < -0.39 is 23.5 Å². The molecule has 0 bridgehead atoms. The molecule has 0 radical (unpaired) electrons. The molecule has 0 aliphatic heterocycles. The SMILES string of the molecule is FC(F)(F)c1ccc(CNCl)c(C(F)(F)F)c1. The van der Waals surface area contributed by atoms with Gasteiger partial charge in [-0.05, 0) is 29.5 Å². The van der Waals surface area contributed by atoms with Crippen LogP contribution in [0.1, 0.15) is 16.7 Å². The Kier molecular flexibility index (Phi) is 3.93. The van der Waals surface area contributed by atoms with Crippen LogP contribution in [0, 0.1) is 0 Å². The third-order valence-electron chi connectivity index (χ3n) is 2.00. The lowest BCUT2D eigenvalue weighted by Crippen LogP contribution is -2.15. The summed E-state index contributed by atoms with van der Waals surface area (Å²) in [6.07, 6.45) is -9.67. The standard InChI is InChI=1S/C9H6ClF6N/c10-17-4-5-1-2-6(8(11,12)13)3-7(5)9(14,15)16/h1-3,17H,4H2. The Morgan fingerprint density at radius 1 is 1.00 bits per heavy atom. The highest BCUT2D eigenvalue weighted by molar-refractivity contribution is 6.13. The van der Waals surface area contributed by atoms with E-state index in [4.69, 9.17) is 11.8 Å². The Labute approximate surface area is 97.5 Å². The Hall–Kier alpha value is -0.950. The lowest BCUT2D eigenvalue weighted by atomic mass is 10.0. The fourth-order valence-electron chi connectivity index (χ4n) is 1.24. The molecule has 1 N–H and O–H groups in total. The third kappa shape index (κ3) is 3.50. The van der Waals surface area contributed by atoms with Crippen LogP contribution in [0.5, 0.6) is 0 Å². The minimum atomic E-state index is -4.86. The number of nitrogens with one attached hydrogen (secondary N) is 1. The van der Waals surface area contributed by atoms with Gasteiger partial charge in [-0.15, -0.1) is 0 Å². The highest BCUT2D eigenvalue weighted by Crippen LogP contribution is 2.37. The van der Waals surface area contributed by atoms with Crippen molar-refractivity contribution in [3.8, 4) is 0 Å². The molecule has 0 atom stereocenters. The Morgan fingerprint density at radius 2 is 1.59 bits per heavy atom. The minimum Gasteiger partial charge on any atom is -0.229 e. The van der Waals surface area contributed by atoms with Crippen molar-refractivity contribution in [2.24, 2.45) is 0 Å². The molecule has 0 saturated carbocycles. The molecule has 1 rings (SSSR count). The van der Waals surface area contributed by atoms with Crippen LogP contribution in [0.2, 0.25) is 0 Å². The van der Waals surface area contributed by atoms with Crippen LogP contribution in [0.25, 0.3) is 0 Å². The summed E-state index contributed by atoms with van der Waals surface area (Å²) in [5, 5.41) is 0. The highest BCUT2D eigenvalue weighted by Gasteiger charge is 2.37. The Morgan fingerprint density at radius 3 is 2.00 bits per heavy atom. The number of hydrogen-bond donors (Lipinski definition) is 1. The van der Waals surface area contributed by atoms with Gasteiger partial charge in [0, 0.05) is 6.54 Å². The number of rotatable bonds is 2. The van der Waals surface area contributed by atoms with Crippen molar-refractivity contribution in [2.75, 3.05) is 0 Å². The van der Waals surface area contributed by atoms with Crippen molar-refractivity contribution in [1.29, 1.82) is 0 Å². The monoisotopic (exact) mass is 277 g/mol. The lowest BCUT2D eigenvalue weighted by Gasteiger charge is -2.15. The molecule has 0 unspecified atom stereocenters. The molecule has 1 aromatic carbocycles. The van der Waals surface area contributed by atoms with Gasteiger partial charge in [-0.2, -0.15) is 26.3 Å². The average Bonchev–Trinajstić information content (AvgIpc) is 2.15. The first-order valence-electron chi connectivity index (χ1n) is 4.27. The van der Waals surface area contributed by atoms with Gasteiger partial charge in [0.2, 0.25) is 0 Å². The van der Waals surface area contributed by atoms with Crippen molar-refractivity contribution in [3.05, 3.63) is 34.9 Å². The fourth-order valence-corrected chi connectivity index (χ4v) is 1.39. The van der Waals surface area contributed by atoms with E-state index in [0.29, 0.717) is 6.07 Å². The largest absolute Gasteiger partial charge is 0.416 e. The molecule has 96 valence electrons. The molecular weight excluding hydrogens is 272 g/mol. The van der Waals surface area contributed by atoms with Gasteiger partial charge in [0.25, 0.3) is 0 Å². The predicted molar refractivity (Wildman–Crippen MR) is 49.1 cm³/mol. The van der Waals surface area contributed by atoms with Crippen molar-refractivity contribution in [1.82, 2.24) is 4.84 Å². The zero-order valence-electron chi connectivity index (χ0n) is 8.08. The van der Waals surface area contributed by atoms with Gasteiger partial charge >= 0.3 is 12.4 Å². The van der Waals surface area contributed by atoms with E-state index in [0.717, 1.165) is 6.07 Å². The molecule has 8 heteroatoms. The molecule has 0 aliphatic rings. The van der Waals surface area contributed by atoms with Gasteiger partial charge in [-0.1, -0.05) is 6.07 Å². The Bertz CT molecular complexity index is 397. The van der Waals surface area contributed by atoms with E-state index >= 15 is 0 Å². The number of halogens is 7. The summed E-state index contributed by atoms with van der Waals surface area (Å²) < 4.78 is 74.3. The predicted octanol–water partition coefficient (Wildman–Crippen LogP) is 3.97. The summed E-state index contributed by atoms with van der Waals surface area (Å²) in [7, 11) is 0. The van der Waals surface area contributed by atoms with Crippen LogP contribution in [-0.2, 0) is 18.9 Å². The van der Waals surface area contributed by atoms with Crippen LogP contribution in [0.3, 0.4) is 0 Å².